The summed E-state index contributed by atoms with van der Waals surface area (Å²) < 4.78 is 5.39. The van der Waals surface area contributed by atoms with Gasteiger partial charge in [0.1, 0.15) is 17.5 Å². The number of carbonyl (C=O) groups is 1. The van der Waals surface area contributed by atoms with E-state index in [2.05, 4.69) is 4.98 Å². The van der Waals surface area contributed by atoms with Crippen molar-refractivity contribution in [1.82, 2.24) is 4.98 Å². The maximum absolute atomic E-state index is 12.2. The van der Waals surface area contributed by atoms with E-state index in [1.165, 1.54) is 11.1 Å². The highest BCUT2D eigenvalue weighted by atomic mass is 16.6. The van der Waals surface area contributed by atoms with Crippen molar-refractivity contribution in [2.24, 2.45) is 5.92 Å². The van der Waals surface area contributed by atoms with Gasteiger partial charge in [-0.3, -0.25) is 4.90 Å². The number of carbonyl (C=O) groups excluding carboxylic acids is 1. The Bertz CT molecular complexity index is 495. The van der Waals surface area contributed by atoms with E-state index in [1.54, 1.807) is 12.1 Å². The first-order valence-electron chi connectivity index (χ1n) is 6.59. The average molecular weight is 275 g/mol. The van der Waals surface area contributed by atoms with Gasteiger partial charge in [-0.05, 0) is 38.8 Å². The van der Waals surface area contributed by atoms with Crippen molar-refractivity contribution < 1.29 is 9.53 Å². The third kappa shape index (κ3) is 4.88. The number of rotatable bonds is 3. The topological polar surface area (TPSA) is 66.2 Å². The second-order valence-electron chi connectivity index (χ2n) is 6.00. The smallest absolute Gasteiger partial charge is 0.416 e. The van der Waals surface area contributed by atoms with Crippen LogP contribution in [0.4, 0.5) is 10.6 Å². The van der Waals surface area contributed by atoms with Crippen LogP contribution in [0.1, 0.15) is 40.2 Å². The Balaban J connectivity index is 2.99. The van der Waals surface area contributed by atoms with Gasteiger partial charge in [0.05, 0.1) is 5.56 Å². The normalized spacial score (nSPS) is 11.1. The molecule has 0 spiro atoms. The molecule has 0 aromatic carbocycles. The van der Waals surface area contributed by atoms with E-state index in [-0.39, 0.29) is 5.92 Å². The van der Waals surface area contributed by atoms with Crippen LogP contribution in [0.25, 0.3) is 0 Å². The van der Waals surface area contributed by atoms with E-state index < -0.39 is 11.7 Å². The van der Waals surface area contributed by atoms with Gasteiger partial charge in [0.25, 0.3) is 0 Å². The summed E-state index contributed by atoms with van der Waals surface area (Å²) in [6, 6.07) is 5.30. The third-order valence-corrected chi connectivity index (χ3v) is 2.32. The van der Waals surface area contributed by atoms with Gasteiger partial charge in [0.2, 0.25) is 0 Å². The van der Waals surface area contributed by atoms with Crippen molar-refractivity contribution in [1.29, 1.82) is 5.26 Å². The van der Waals surface area contributed by atoms with E-state index in [0.717, 1.165) is 0 Å². The summed E-state index contributed by atoms with van der Waals surface area (Å²) in [4.78, 5) is 17.9. The van der Waals surface area contributed by atoms with Crippen LogP contribution < -0.4 is 4.90 Å². The molecule has 0 fully saturated rings. The fourth-order valence-electron chi connectivity index (χ4n) is 1.56. The molecule has 0 saturated heterocycles. The Labute approximate surface area is 120 Å². The van der Waals surface area contributed by atoms with E-state index in [1.807, 2.05) is 40.7 Å². The monoisotopic (exact) mass is 275 g/mol. The molecule has 0 saturated carbocycles. The van der Waals surface area contributed by atoms with Crippen molar-refractivity contribution in [3.8, 4) is 6.07 Å². The number of anilines is 1. The van der Waals surface area contributed by atoms with Crippen LogP contribution in [-0.4, -0.2) is 23.2 Å². The molecular weight excluding hydrogens is 254 g/mol. The van der Waals surface area contributed by atoms with Gasteiger partial charge < -0.3 is 4.74 Å². The molecule has 0 bridgehead atoms. The number of nitrogens with zero attached hydrogens (tertiary/aromatic N) is 3. The van der Waals surface area contributed by atoms with E-state index in [0.29, 0.717) is 17.9 Å². The lowest BCUT2D eigenvalue weighted by Gasteiger charge is -2.27. The third-order valence-electron chi connectivity index (χ3n) is 2.32. The fraction of sp³-hybridized carbons (Fsp3) is 0.533. The molecule has 0 radical (unpaired) electrons. The maximum atomic E-state index is 12.2. The predicted molar refractivity (Wildman–Crippen MR) is 77.4 cm³/mol. The highest BCUT2D eigenvalue weighted by Crippen LogP contribution is 2.18. The van der Waals surface area contributed by atoms with E-state index >= 15 is 0 Å². The van der Waals surface area contributed by atoms with Gasteiger partial charge >= 0.3 is 6.09 Å². The zero-order chi connectivity index (χ0) is 15.3. The first-order chi connectivity index (χ1) is 9.23. The molecule has 0 aliphatic rings. The Morgan fingerprint density at radius 3 is 2.50 bits per heavy atom. The highest BCUT2D eigenvalue weighted by molar-refractivity contribution is 5.86. The number of aromatic nitrogens is 1. The second-order valence-corrected chi connectivity index (χ2v) is 6.00. The van der Waals surface area contributed by atoms with Crippen LogP contribution in [0, 0.1) is 17.2 Å². The fourth-order valence-corrected chi connectivity index (χ4v) is 1.56. The van der Waals surface area contributed by atoms with Crippen LogP contribution in [-0.2, 0) is 4.74 Å². The zero-order valence-electron chi connectivity index (χ0n) is 12.7. The number of ether oxygens (including phenoxy) is 1. The number of amides is 1. The Hall–Kier alpha value is -2.09. The molecule has 5 nitrogen and oxygen atoms in total. The Kier molecular flexibility index (Phi) is 5.09. The van der Waals surface area contributed by atoms with Crippen LogP contribution in [0.3, 0.4) is 0 Å². The van der Waals surface area contributed by atoms with E-state index in [4.69, 9.17) is 10.00 Å². The van der Waals surface area contributed by atoms with Gasteiger partial charge in [-0.25, -0.2) is 9.78 Å². The van der Waals surface area contributed by atoms with Crippen molar-refractivity contribution in [2.45, 2.75) is 40.2 Å². The molecule has 1 heterocycles. The van der Waals surface area contributed by atoms with Crippen LogP contribution >= 0.6 is 0 Å². The van der Waals surface area contributed by atoms with Crippen LogP contribution in [0.2, 0.25) is 0 Å². The molecule has 1 rings (SSSR count). The molecule has 0 aliphatic heterocycles. The average Bonchev–Trinajstić information content (AvgIpc) is 2.34. The standard InChI is InChI=1S/C15H21N3O2/c1-11(2)10-18(14(19)20-15(3,4)5)13-7-6-12(8-16)9-17-13/h6-7,9,11H,10H2,1-5H3. The number of pyridine rings is 1. The summed E-state index contributed by atoms with van der Waals surface area (Å²) in [5.41, 5.74) is -0.0961. The van der Waals surface area contributed by atoms with Gasteiger partial charge in [-0.2, -0.15) is 5.26 Å². The lowest BCUT2D eigenvalue weighted by molar-refractivity contribution is 0.0575. The Morgan fingerprint density at radius 1 is 1.45 bits per heavy atom. The van der Waals surface area contributed by atoms with Crippen molar-refractivity contribution in [3.05, 3.63) is 23.9 Å². The van der Waals surface area contributed by atoms with E-state index in [9.17, 15) is 4.79 Å². The van der Waals surface area contributed by atoms with Crippen molar-refractivity contribution >= 4 is 11.9 Å². The summed E-state index contributed by atoms with van der Waals surface area (Å²) in [6.45, 7) is 10.0. The van der Waals surface area contributed by atoms with Crippen molar-refractivity contribution in [2.75, 3.05) is 11.4 Å². The molecule has 1 aromatic heterocycles. The molecule has 0 aliphatic carbocycles. The minimum atomic E-state index is -0.557. The second kappa shape index (κ2) is 6.38. The first-order valence-corrected chi connectivity index (χ1v) is 6.59. The molecule has 20 heavy (non-hydrogen) atoms. The summed E-state index contributed by atoms with van der Waals surface area (Å²) in [7, 11) is 0. The van der Waals surface area contributed by atoms with Crippen molar-refractivity contribution in [3.63, 3.8) is 0 Å². The van der Waals surface area contributed by atoms with Crippen LogP contribution in [0.5, 0.6) is 0 Å². The minimum absolute atomic E-state index is 0.278. The zero-order valence-corrected chi connectivity index (χ0v) is 12.7. The first kappa shape index (κ1) is 16.0. The minimum Gasteiger partial charge on any atom is -0.443 e. The number of nitriles is 1. The quantitative estimate of drug-likeness (QED) is 0.848. The molecule has 1 amide bonds. The summed E-state index contributed by atoms with van der Waals surface area (Å²) in [6.07, 6.45) is 1.02. The molecule has 0 N–H and O–H groups in total. The molecule has 0 atom stereocenters. The lowest BCUT2D eigenvalue weighted by Crippen LogP contribution is -2.39. The van der Waals surface area contributed by atoms with Crippen LogP contribution in [0.15, 0.2) is 18.3 Å². The summed E-state index contributed by atoms with van der Waals surface area (Å²) in [5.74, 6) is 0.770. The summed E-state index contributed by atoms with van der Waals surface area (Å²) in [5, 5.41) is 8.78. The predicted octanol–water partition coefficient (Wildman–Crippen LogP) is 3.35. The number of hydrogen-bond acceptors (Lipinski definition) is 4. The van der Waals surface area contributed by atoms with Gasteiger partial charge in [0, 0.05) is 12.7 Å². The van der Waals surface area contributed by atoms with Gasteiger partial charge in [0.15, 0.2) is 0 Å². The SMILES string of the molecule is CC(C)CN(C(=O)OC(C)(C)C)c1ccc(C#N)cn1. The molecule has 0 unspecified atom stereocenters. The Morgan fingerprint density at radius 2 is 2.10 bits per heavy atom. The highest BCUT2D eigenvalue weighted by Gasteiger charge is 2.24. The van der Waals surface area contributed by atoms with Gasteiger partial charge in [-0.15, -0.1) is 0 Å². The molecule has 1 aromatic rings. The van der Waals surface area contributed by atoms with Gasteiger partial charge in [-0.1, -0.05) is 13.8 Å². The summed E-state index contributed by atoms with van der Waals surface area (Å²) >= 11 is 0. The molecular formula is C15H21N3O2. The number of hydrogen-bond donors (Lipinski definition) is 0. The maximum Gasteiger partial charge on any atom is 0.416 e. The molecule has 108 valence electrons. The lowest BCUT2D eigenvalue weighted by atomic mass is 10.2. The largest absolute Gasteiger partial charge is 0.443 e. The molecule has 5 heteroatoms.